The summed E-state index contributed by atoms with van der Waals surface area (Å²) >= 11 is 0. The number of amides is 2. The van der Waals surface area contributed by atoms with Gasteiger partial charge in [-0.1, -0.05) is 19.8 Å². The van der Waals surface area contributed by atoms with Crippen LogP contribution in [0.15, 0.2) is 0 Å². The Hall–Kier alpha value is -1.10. The summed E-state index contributed by atoms with van der Waals surface area (Å²) in [5.41, 5.74) is 0. The van der Waals surface area contributed by atoms with Crippen molar-refractivity contribution in [3.63, 3.8) is 0 Å². The number of nitrogens with zero attached hydrogens (tertiary/aromatic N) is 3. The highest BCUT2D eigenvalue weighted by Crippen LogP contribution is 2.32. The second-order valence-corrected chi connectivity index (χ2v) is 7.29. The van der Waals surface area contributed by atoms with Crippen LogP contribution in [0, 0.1) is 5.92 Å². The first kappa shape index (κ1) is 16.7. The van der Waals surface area contributed by atoms with Gasteiger partial charge in [0.25, 0.3) is 0 Å². The first-order valence-corrected chi connectivity index (χ1v) is 9.51. The Labute approximate surface area is 140 Å². The van der Waals surface area contributed by atoms with Gasteiger partial charge in [-0.05, 0) is 31.6 Å². The quantitative estimate of drug-likeness (QED) is 0.792. The van der Waals surface area contributed by atoms with Crippen LogP contribution in [0.25, 0.3) is 0 Å². The van der Waals surface area contributed by atoms with E-state index < -0.39 is 0 Å². The fraction of sp³-hybridized carbons (Fsp3) is 0.889. The van der Waals surface area contributed by atoms with Gasteiger partial charge in [0, 0.05) is 45.7 Å². The number of rotatable bonds is 4. The van der Waals surface area contributed by atoms with Gasteiger partial charge in [-0.25, -0.2) is 0 Å². The second-order valence-electron chi connectivity index (χ2n) is 7.29. The largest absolute Gasteiger partial charge is 0.341 e. The molecule has 3 aliphatic rings. The highest BCUT2D eigenvalue weighted by molar-refractivity contribution is 5.82. The van der Waals surface area contributed by atoms with Crippen molar-refractivity contribution in [2.75, 3.05) is 39.3 Å². The molecule has 0 unspecified atom stereocenters. The van der Waals surface area contributed by atoms with Gasteiger partial charge in [0.05, 0.1) is 6.04 Å². The third-order valence-electron chi connectivity index (χ3n) is 5.88. The lowest BCUT2D eigenvalue weighted by Gasteiger charge is -2.42. The Morgan fingerprint density at radius 3 is 2.04 bits per heavy atom. The molecular weight excluding hydrogens is 290 g/mol. The lowest BCUT2D eigenvalue weighted by Crippen LogP contribution is -2.58. The van der Waals surface area contributed by atoms with Gasteiger partial charge in [0.1, 0.15) is 0 Å². The second kappa shape index (κ2) is 7.65. The van der Waals surface area contributed by atoms with Crippen molar-refractivity contribution >= 4 is 11.8 Å². The zero-order valence-electron chi connectivity index (χ0n) is 14.5. The molecule has 2 amide bonds. The molecule has 0 bridgehead atoms. The van der Waals surface area contributed by atoms with E-state index in [1.165, 1.54) is 25.7 Å². The van der Waals surface area contributed by atoms with Crippen LogP contribution in [0.3, 0.4) is 0 Å². The van der Waals surface area contributed by atoms with Crippen LogP contribution < -0.4 is 0 Å². The first-order chi connectivity index (χ1) is 11.2. The molecule has 2 heterocycles. The van der Waals surface area contributed by atoms with Crippen molar-refractivity contribution in [2.45, 2.75) is 57.9 Å². The lowest BCUT2D eigenvalue weighted by atomic mass is 9.94. The maximum Gasteiger partial charge on any atom is 0.240 e. The van der Waals surface area contributed by atoms with Crippen molar-refractivity contribution < 1.29 is 9.59 Å². The monoisotopic (exact) mass is 321 g/mol. The van der Waals surface area contributed by atoms with Crippen LogP contribution in [0.4, 0.5) is 0 Å². The molecule has 1 saturated carbocycles. The third-order valence-corrected chi connectivity index (χ3v) is 5.88. The molecular formula is C18H31N3O2. The number of hydrogen-bond acceptors (Lipinski definition) is 3. The standard InChI is InChI=1S/C18H31N3O2/c1-2-16(22)19-11-13-20(14-12-19)17(15-7-3-4-8-15)18(23)21-9-5-6-10-21/h15,17H,2-14H2,1H3/t17-/m1/s1. The molecule has 130 valence electrons. The minimum atomic E-state index is 0.0643. The summed E-state index contributed by atoms with van der Waals surface area (Å²) in [6.45, 7) is 7.07. The molecule has 3 fully saturated rings. The Balaban J connectivity index is 1.66. The predicted octanol–water partition coefficient (Wildman–Crippen LogP) is 1.72. The van der Waals surface area contributed by atoms with E-state index in [1.54, 1.807) is 0 Å². The Kier molecular flexibility index (Phi) is 5.57. The van der Waals surface area contributed by atoms with Gasteiger partial charge in [0.2, 0.25) is 11.8 Å². The normalized spacial score (nSPS) is 25.1. The molecule has 0 aromatic rings. The van der Waals surface area contributed by atoms with E-state index in [-0.39, 0.29) is 11.9 Å². The molecule has 23 heavy (non-hydrogen) atoms. The van der Waals surface area contributed by atoms with Gasteiger partial charge in [-0.15, -0.1) is 0 Å². The molecule has 0 aromatic carbocycles. The van der Waals surface area contributed by atoms with Crippen LogP contribution in [0.5, 0.6) is 0 Å². The summed E-state index contributed by atoms with van der Waals surface area (Å²) in [7, 11) is 0. The van der Waals surface area contributed by atoms with Crippen LogP contribution >= 0.6 is 0 Å². The van der Waals surface area contributed by atoms with E-state index in [4.69, 9.17) is 0 Å². The molecule has 1 atom stereocenters. The first-order valence-electron chi connectivity index (χ1n) is 9.51. The van der Waals surface area contributed by atoms with Crippen molar-refractivity contribution in [1.29, 1.82) is 0 Å². The third kappa shape index (κ3) is 3.70. The Bertz CT molecular complexity index is 420. The number of likely N-dealkylation sites (tertiary alicyclic amines) is 1. The summed E-state index contributed by atoms with van der Waals surface area (Å²) in [6, 6.07) is 0.0643. The molecule has 0 aromatic heterocycles. The van der Waals surface area contributed by atoms with Crippen molar-refractivity contribution in [1.82, 2.24) is 14.7 Å². The molecule has 3 rings (SSSR count). The van der Waals surface area contributed by atoms with Crippen LogP contribution in [0.1, 0.15) is 51.9 Å². The summed E-state index contributed by atoms with van der Waals surface area (Å²) in [5, 5.41) is 0. The summed E-state index contributed by atoms with van der Waals surface area (Å²) in [6.07, 6.45) is 7.81. The van der Waals surface area contributed by atoms with Crippen LogP contribution in [-0.4, -0.2) is 71.8 Å². The van der Waals surface area contributed by atoms with Gasteiger partial charge in [-0.2, -0.15) is 0 Å². The number of carbonyl (C=O) groups is 2. The van der Waals surface area contributed by atoms with Gasteiger partial charge < -0.3 is 9.80 Å². The average Bonchev–Trinajstić information content (AvgIpc) is 3.28. The van der Waals surface area contributed by atoms with Crippen molar-refractivity contribution in [2.24, 2.45) is 5.92 Å². The maximum absolute atomic E-state index is 13.1. The van der Waals surface area contributed by atoms with Gasteiger partial charge in [-0.3, -0.25) is 14.5 Å². The van der Waals surface area contributed by atoms with E-state index in [1.807, 2.05) is 11.8 Å². The zero-order chi connectivity index (χ0) is 16.2. The predicted molar refractivity (Wildman–Crippen MR) is 90.0 cm³/mol. The number of piperazine rings is 1. The molecule has 5 nitrogen and oxygen atoms in total. The fourth-order valence-electron chi connectivity index (χ4n) is 4.53. The summed E-state index contributed by atoms with van der Waals surface area (Å²) in [5.74, 6) is 1.13. The summed E-state index contributed by atoms with van der Waals surface area (Å²) < 4.78 is 0. The van der Waals surface area contributed by atoms with E-state index in [9.17, 15) is 9.59 Å². The van der Waals surface area contributed by atoms with Crippen LogP contribution in [0.2, 0.25) is 0 Å². The van der Waals surface area contributed by atoms with Crippen LogP contribution in [-0.2, 0) is 9.59 Å². The molecule has 2 saturated heterocycles. The average molecular weight is 321 g/mol. The van der Waals surface area contributed by atoms with E-state index in [2.05, 4.69) is 9.80 Å². The molecule has 5 heteroatoms. The smallest absolute Gasteiger partial charge is 0.240 e. The number of carbonyl (C=O) groups excluding carboxylic acids is 2. The van der Waals surface area contributed by atoms with Crippen molar-refractivity contribution in [3.8, 4) is 0 Å². The zero-order valence-corrected chi connectivity index (χ0v) is 14.5. The molecule has 1 aliphatic carbocycles. The van der Waals surface area contributed by atoms with E-state index >= 15 is 0 Å². The SMILES string of the molecule is CCC(=O)N1CCN([C@@H](C(=O)N2CCCC2)C2CCCC2)CC1. The summed E-state index contributed by atoms with van der Waals surface area (Å²) in [4.78, 5) is 31.4. The fourth-order valence-corrected chi connectivity index (χ4v) is 4.53. The minimum Gasteiger partial charge on any atom is -0.341 e. The number of hydrogen-bond donors (Lipinski definition) is 0. The Morgan fingerprint density at radius 1 is 0.870 bits per heavy atom. The molecule has 0 radical (unpaired) electrons. The highest BCUT2D eigenvalue weighted by atomic mass is 16.2. The highest BCUT2D eigenvalue weighted by Gasteiger charge is 2.39. The Morgan fingerprint density at radius 2 is 1.48 bits per heavy atom. The molecule has 0 N–H and O–H groups in total. The van der Waals surface area contributed by atoms with Gasteiger partial charge in [0.15, 0.2) is 0 Å². The van der Waals surface area contributed by atoms with Crippen molar-refractivity contribution in [3.05, 3.63) is 0 Å². The molecule has 2 aliphatic heterocycles. The lowest BCUT2D eigenvalue weighted by molar-refractivity contribution is -0.140. The van der Waals surface area contributed by atoms with Gasteiger partial charge >= 0.3 is 0 Å². The molecule has 0 spiro atoms. The topological polar surface area (TPSA) is 43.9 Å². The maximum atomic E-state index is 13.1. The minimum absolute atomic E-state index is 0.0643. The van der Waals surface area contributed by atoms with E-state index in [0.717, 1.165) is 52.1 Å². The van der Waals surface area contributed by atoms with E-state index in [0.29, 0.717) is 18.2 Å².